The van der Waals surface area contributed by atoms with Crippen LogP contribution in [-0.4, -0.2) is 38.4 Å². The molecular weight excluding hydrogens is 214 g/mol. The quantitative estimate of drug-likeness (QED) is 0.609. The van der Waals surface area contributed by atoms with Crippen molar-refractivity contribution in [3.63, 3.8) is 0 Å². The van der Waals surface area contributed by atoms with Gasteiger partial charge in [-0.1, -0.05) is 0 Å². The highest BCUT2D eigenvalue weighted by molar-refractivity contribution is 5.79. The molecule has 3 N–H and O–H groups in total. The van der Waals surface area contributed by atoms with E-state index < -0.39 is 18.5 Å². The Morgan fingerprint density at radius 3 is 2.88 bits per heavy atom. The third-order valence-corrected chi connectivity index (χ3v) is 1.84. The number of rotatable bonds is 5. The highest BCUT2D eigenvalue weighted by Crippen LogP contribution is 1.93. The highest BCUT2D eigenvalue weighted by Gasteiger charge is 2.06. The van der Waals surface area contributed by atoms with Crippen molar-refractivity contribution in [1.29, 1.82) is 0 Å². The van der Waals surface area contributed by atoms with Crippen LogP contribution in [0.3, 0.4) is 0 Å². The molecule has 2 amide bonds. The van der Waals surface area contributed by atoms with Crippen molar-refractivity contribution in [2.24, 2.45) is 0 Å². The lowest BCUT2D eigenvalue weighted by Crippen LogP contribution is -2.38. The number of aromatic nitrogens is 3. The Morgan fingerprint density at radius 2 is 2.25 bits per heavy atom. The Kier molecular flexibility index (Phi) is 4.25. The zero-order valence-electron chi connectivity index (χ0n) is 8.80. The third kappa shape index (κ3) is 3.56. The van der Waals surface area contributed by atoms with Crippen LogP contribution in [0.2, 0.25) is 0 Å². The number of urea groups is 1. The first-order valence-electron chi connectivity index (χ1n) is 4.73. The van der Waals surface area contributed by atoms with Gasteiger partial charge in [-0.2, -0.15) is 0 Å². The number of carbonyl (C=O) groups excluding carboxylic acids is 1. The number of carboxylic acids is 1. The predicted molar refractivity (Wildman–Crippen MR) is 53.6 cm³/mol. The molecule has 1 aromatic heterocycles. The molecule has 0 fully saturated rings. The second kappa shape index (κ2) is 5.69. The first-order valence-corrected chi connectivity index (χ1v) is 4.73. The highest BCUT2D eigenvalue weighted by atomic mass is 16.4. The zero-order valence-corrected chi connectivity index (χ0v) is 8.80. The number of amides is 2. The van der Waals surface area contributed by atoms with E-state index in [0.717, 1.165) is 0 Å². The molecule has 0 radical (unpaired) electrons. The minimum absolute atomic E-state index is 0.208. The molecule has 1 aromatic rings. The van der Waals surface area contributed by atoms with Crippen molar-refractivity contribution in [3.05, 3.63) is 12.2 Å². The Bertz CT molecular complexity index is 376. The van der Waals surface area contributed by atoms with Crippen LogP contribution in [0.5, 0.6) is 0 Å². The molecule has 88 valence electrons. The maximum atomic E-state index is 11.1. The molecule has 0 unspecified atom stereocenters. The van der Waals surface area contributed by atoms with Gasteiger partial charge in [0.05, 0.1) is 6.54 Å². The molecule has 0 aliphatic heterocycles. The molecule has 1 rings (SSSR count). The van der Waals surface area contributed by atoms with Crippen LogP contribution in [0.15, 0.2) is 6.33 Å². The molecule has 16 heavy (non-hydrogen) atoms. The molecule has 0 aliphatic carbocycles. The Balaban J connectivity index is 2.34. The van der Waals surface area contributed by atoms with Crippen molar-refractivity contribution in [2.75, 3.05) is 6.54 Å². The van der Waals surface area contributed by atoms with Gasteiger partial charge in [-0.05, 0) is 6.92 Å². The van der Waals surface area contributed by atoms with Gasteiger partial charge in [-0.3, -0.25) is 4.79 Å². The van der Waals surface area contributed by atoms with Crippen LogP contribution in [-0.2, 0) is 17.9 Å². The van der Waals surface area contributed by atoms with Gasteiger partial charge in [0.2, 0.25) is 0 Å². The van der Waals surface area contributed by atoms with Crippen molar-refractivity contribution in [1.82, 2.24) is 25.4 Å². The van der Waals surface area contributed by atoms with E-state index in [9.17, 15) is 9.59 Å². The van der Waals surface area contributed by atoms with Crippen molar-refractivity contribution in [2.45, 2.75) is 20.0 Å². The summed E-state index contributed by atoms with van der Waals surface area (Å²) in [6.07, 6.45) is 1.56. The molecular formula is C8H13N5O3. The Hall–Kier alpha value is -2.12. The first-order chi connectivity index (χ1) is 7.63. The summed E-state index contributed by atoms with van der Waals surface area (Å²) in [6, 6.07) is -0.548. The number of hydrogen-bond acceptors (Lipinski definition) is 4. The van der Waals surface area contributed by atoms with E-state index in [1.807, 2.05) is 6.92 Å². The number of aliphatic carboxylic acids is 1. The fourth-order valence-corrected chi connectivity index (χ4v) is 1.06. The topological polar surface area (TPSA) is 109 Å². The van der Waals surface area contributed by atoms with Gasteiger partial charge >= 0.3 is 12.0 Å². The van der Waals surface area contributed by atoms with E-state index in [-0.39, 0.29) is 6.54 Å². The van der Waals surface area contributed by atoms with E-state index in [0.29, 0.717) is 12.4 Å². The van der Waals surface area contributed by atoms with Gasteiger partial charge in [-0.25, -0.2) is 4.79 Å². The number of carboxylic acid groups (broad SMARTS) is 1. The van der Waals surface area contributed by atoms with E-state index in [1.54, 1.807) is 10.9 Å². The summed E-state index contributed by atoms with van der Waals surface area (Å²) < 4.78 is 1.78. The molecule has 0 atom stereocenters. The molecule has 8 nitrogen and oxygen atoms in total. The predicted octanol–water partition coefficient (Wildman–Crippen LogP) is -0.818. The molecule has 0 saturated heterocycles. The monoisotopic (exact) mass is 227 g/mol. The van der Waals surface area contributed by atoms with Crippen LogP contribution < -0.4 is 10.6 Å². The second-order valence-electron chi connectivity index (χ2n) is 2.96. The molecule has 8 heteroatoms. The largest absolute Gasteiger partial charge is 0.480 e. The second-order valence-corrected chi connectivity index (χ2v) is 2.96. The van der Waals surface area contributed by atoms with Gasteiger partial charge in [-0.15, -0.1) is 10.2 Å². The molecule has 1 heterocycles. The fourth-order valence-electron chi connectivity index (χ4n) is 1.06. The normalized spacial score (nSPS) is 9.81. The molecule has 0 aliphatic rings. The maximum absolute atomic E-state index is 11.1. The summed E-state index contributed by atoms with van der Waals surface area (Å²) in [6.45, 7) is 2.43. The van der Waals surface area contributed by atoms with E-state index >= 15 is 0 Å². The zero-order chi connectivity index (χ0) is 12.0. The van der Waals surface area contributed by atoms with Gasteiger partial charge in [0.25, 0.3) is 0 Å². The summed E-state index contributed by atoms with van der Waals surface area (Å²) in [4.78, 5) is 21.3. The number of carbonyl (C=O) groups is 2. The lowest BCUT2D eigenvalue weighted by atomic mass is 10.5. The fraction of sp³-hybridized carbons (Fsp3) is 0.500. The third-order valence-electron chi connectivity index (χ3n) is 1.84. The number of nitrogens with zero attached hydrogens (tertiary/aromatic N) is 3. The SMILES string of the molecule is CCn1cnnc1CNC(=O)NCC(=O)O. The molecule has 0 aromatic carbocycles. The van der Waals surface area contributed by atoms with Crippen LogP contribution >= 0.6 is 0 Å². The lowest BCUT2D eigenvalue weighted by Gasteiger charge is -2.06. The van der Waals surface area contributed by atoms with Crippen LogP contribution in [0, 0.1) is 0 Å². The Morgan fingerprint density at radius 1 is 1.50 bits per heavy atom. The summed E-state index contributed by atoms with van der Waals surface area (Å²) >= 11 is 0. The maximum Gasteiger partial charge on any atom is 0.323 e. The Labute approximate surface area is 91.7 Å². The van der Waals surface area contributed by atoms with Crippen LogP contribution in [0.25, 0.3) is 0 Å². The standard InChI is InChI=1S/C8H13N5O3/c1-2-13-5-11-12-6(13)3-9-8(16)10-4-7(14)15/h5H,2-4H2,1H3,(H,14,15)(H2,9,10,16). The van der Waals surface area contributed by atoms with Gasteiger partial charge < -0.3 is 20.3 Å². The summed E-state index contributed by atoms with van der Waals surface area (Å²) in [5.74, 6) is -0.472. The van der Waals surface area contributed by atoms with Crippen molar-refractivity contribution in [3.8, 4) is 0 Å². The van der Waals surface area contributed by atoms with Gasteiger partial charge in [0, 0.05) is 6.54 Å². The minimum Gasteiger partial charge on any atom is -0.480 e. The van der Waals surface area contributed by atoms with E-state index in [2.05, 4.69) is 20.8 Å². The average molecular weight is 227 g/mol. The lowest BCUT2D eigenvalue weighted by molar-refractivity contribution is -0.135. The minimum atomic E-state index is -1.09. The molecule has 0 saturated carbocycles. The van der Waals surface area contributed by atoms with Gasteiger partial charge in [0.1, 0.15) is 12.9 Å². The number of hydrogen-bond donors (Lipinski definition) is 3. The summed E-state index contributed by atoms with van der Waals surface area (Å²) in [7, 11) is 0. The average Bonchev–Trinajstić information content (AvgIpc) is 2.70. The van der Waals surface area contributed by atoms with E-state index in [1.165, 1.54) is 0 Å². The summed E-state index contributed by atoms with van der Waals surface area (Å²) in [5, 5.41) is 20.5. The van der Waals surface area contributed by atoms with Crippen LogP contribution in [0.4, 0.5) is 4.79 Å². The number of nitrogens with one attached hydrogen (secondary N) is 2. The smallest absolute Gasteiger partial charge is 0.323 e. The van der Waals surface area contributed by atoms with Crippen molar-refractivity contribution < 1.29 is 14.7 Å². The first kappa shape index (κ1) is 12.0. The van der Waals surface area contributed by atoms with E-state index in [4.69, 9.17) is 5.11 Å². The van der Waals surface area contributed by atoms with Gasteiger partial charge in [0.15, 0.2) is 5.82 Å². The van der Waals surface area contributed by atoms with Crippen LogP contribution in [0.1, 0.15) is 12.7 Å². The summed E-state index contributed by atoms with van der Waals surface area (Å²) in [5.41, 5.74) is 0. The molecule has 0 spiro atoms. The molecule has 0 bridgehead atoms. The number of aryl methyl sites for hydroxylation is 1. The van der Waals surface area contributed by atoms with Crippen molar-refractivity contribution >= 4 is 12.0 Å².